The van der Waals surface area contributed by atoms with Crippen LogP contribution < -0.4 is 0 Å². The summed E-state index contributed by atoms with van der Waals surface area (Å²) in [6, 6.07) is 0. The third-order valence-corrected chi connectivity index (χ3v) is 6.69. The first-order valence-corrected chi connectivity index (χ1v) is 15.5. The van der Waals surface area contributed by atoms with Crippen molar-refractivity contribution in [3.05, 3.63) is 0 Å². The summed E-state index contributed by atoms with van der Waals surface area (Å²) in [5.41, 5.74) is 0. The second-order valence-electron chi connectivity index (χ2n) is 10.9. The minimum absolute atomic E-state index is 0.0169. The SMILES string of the molecule is CCCCCCC(CCCCC)C(=O)OCCCCCC(=O)OCC(CN(C)C)OC(=O)CCCCCOC. The van der Waals surface area contributed by atoms with E-state index < -0.39 is 6.10 Å². The summed E-state index contributed by atoms with van der Waals surface area (Å²) >= 11 is 0. The largest absolute Gasteiger partial charge is 0.465 e. The fourth-order valence-electron chi connectivity index (χ4n) is 4.40. The first-order valence-electron chi connectivity index (χ1n) is 15.5. The summed E-state index contributed by atoms with van der Waals surface area (Å²) in [7, 11) is 5.44. The molecule has 0 N–H and O–H groups in total. The molecular formula is C31H59NO7. The highest BCUT2D eigenvalue weighted by Crippen LogP contribution is 2.20. The van der Waals surface area contributed by atoms with Crippen LogP contribution in [0, 0.1) is 5.92 Å². The number of rotatable bonds is 27. The van der Waals surface area contributed by atoms with Crippen LogP contribution in [0.3, 0.4) is 0 Å². The normalized spacial score (nSPS) is 12.8. The molecule has 0 saturated carbocycles. The van der Waals surface area contributed by atoms with Crippen LogP contribution in [0.1, 0.15) is 123 Å². The molecule has 0 fully saturated rings. The van der Waals surface area contributed by atoms with Crippen molar-refractivity contribution in [1.29, 1.82) is 0 Å². The molecule has 8 nitrogen and oxygen atoms in total. The summed E-state index contributed by atoms with van der Waals surface area (Å²) in [6.07, 6.45) is 14.9. The van der Waals surface area contributed by atoms with E-state index in [0.29, 0.717) is 39.0 Å². The van der Waals surface area contributed by atoms with Gasteiger partial charge in [-0.15, -0.1) is 0 Å². The molecule has 0 radical (unpaired) electrons. The lowest BCUT2D eigenvalue weighted by molar-refractivity contribution is -0.160. The number of unbranched alkanes of at least 4 members (excludes halogenated alkanes) is 9. The zero-order valence-electron chi connectivity index (χ0n) is 25.8. The lowest BCUT2D eigenvalue weighted by atomic mass is 9.95. The monoisotopic (exact) mass is 557 g/mol. The van der Waals surface area contributed by atoms with E-state index >= 15 is 0 Å². The van der Waals surface area contributed by atoms with Gasteiger partial charge in [0.05, 0.1) is 12.5 Å². The number of hydrogen-bond donors (Lipinski definition) is 0. The predicted octanol–water partition coefficient (Wildman–Crippen LogP) is 6.48. The zero-order valence-corrected chi connectivity index (χ0v) is 25.8. The van der Waals surface area contributed by atoms with Gasteiger partial charge in [0, 0.05) is 33.1 Å². The van der Waals surface area contributed by atoms with Crippen molar-refractivity contribution in [3.63, 3.8) is 0 Å². The molecule has 0 heterocycles. The summed E-state index contributed by atoms with van der Waals surface area (Å²) in [6.45, 7) is 6.01. The molecule has 0 aromatic rings. The number of carbonyl (C=O) groups is 3. The van der Waals surface area contributed by atoms with Crippen molar-refractivity contribution < 1.29 is 33.3 Å². The van der Waals surface area contributed by atoms with Crippen molar-refractivity contribution >= 4 is 17.9 Å². The number of carbonyl (C=O) groups excluding carboxylic acids is 3. The van der Waals surface area contributed by atoms with Crippen molar-refractivity contribution in [1.82, 2.24) is 4.90 Å². The Morgan fingerprint density at radius 2 is 1.23 bits per heavy atom. The van der Waals surface area contributed by atoms with Gasteiger partial charge in [-0.05, 0) is 59.0 Å². The summed E-state index contributed by atoms with van der Waals surface area (Å²) in [4.78, 5) is 38.9. The van der Waals surface area contributed by atoms with Crippen LogP contribution in [0.4, 0.5) is 0 Å². The molecule has 0 aliphatic heterocycles. The quantitative estimate of drug-likeness (QED) is 0.0644. The molecular weight excluding hydrogens is 498 g/mol. The van der Waals surface area contributed by atoms with Gasteiger partial charge < -0.3 is 23.8 Å². The highest BCUT2D eigenvalue weighted by molar-refractivity contribution is 5.72. The molecule has 0 aliphatic rings. The summed E-state index contributed by atoms with van der Waals surface area (Å²) in [5.74, 6) is -0.602. The van der Waals surface area contributed by atoms with Crippen molar-refractivity contribution in [3.8, 4) is 0 Å². The van der Waals surface area contributed by atoms with E-state index in [9.17, 15) is 14.4 Å². The number of nitrogens with zero attached hydrogens (tertiary/aromatic N) is 1. The predicted molar refractivity (Wildman–Crippen MR) is 156 cm³/mol. The van der Waals surface area contributed by atoms with Crippen LogP contribution in [0.2, 0.25) is 0 Å². The average molecular weight is 558 g/mol. The lowest BCUT2D eigenvalue weighted by Crippen LogP contribution is -2.34. The lowest BCUT2D eigenvalue weighted by Gasteiger charge is -2.21. The Morgan fingerprint density at radius 1 is 0.667 bits per heavy atom. The van der Waals surface area contributed by atoms with Gasteiger partial charge in [0.1, 0.15) is 12.7 Å². The van der Waals surface area contributed by atoms with Crippen LogP contribution in [-0.2, 0) is 33.3 Å². The van der Waals surface area contributed by atoms with E-state index in [4.69, 9.17) is 18.9 Å². The molecule has 230 valence electrons. The van der Waals surface area contributed by atoms with Crippen LogP contribution in [-0.4, -0.2) is 76.5 Å². The maximum Gasteiger partial charge on any atom is 0.308 e. The van der Waals surface area contributed by atoms with E-state index in [0.717, 1.165) is 70.6 Å². The molecule has 2 atom stereocenters. The van der Waals surface area contributed by atoms with Gasteiger partial charge in [0.15, 0.2) is 0 Å². The number of ether oxygens (including phenoxy) is 4. The Labute approximate surface area is 238 Å². The first-order chi connectivity index (χ1) is 18.8. The average Bonchev–Trinajstić information content (AvgIpc) is 2.90. The molecule has 0 bridgehead atoms. The molecule has 2 unspecified atom stereocenters. The van der Waals surface area contributed by atoms with E-state index in [-0.39, 0.29) is 30.4 Å². The Hall–Kier alpha value is -1.67. The van der Waals surface area contributed by atoms with Gasteiger partial charge in [-0.1, -0.05) is 65.2 Å². The molecule has 0 aliphatic carbocycles. The van der Waals surface area contributed by atoms with Crippen LogP contribution in [0.5, 0.6) is 0 Å². The Balaban J connectivity index is 4.19. The molecule has 0 rings (SSSR count). The maximum absolute atomic E-state index is 12.6. The van der Waals surface area contributed by atoms with Gasteiger partial charge in [0.25, 0.3) is 0 Å². The number of methoxy groups -OCH3 is 1. The van der Waals surface area contributed by atoms with Gasteiger partial charge in [-0.25, -0.2) is 0 Å². The molecule has 0 aromatic heterocycles. The smallest absolute Gasteiger partial charge is 0.308 e. The molecule has 8 heteroatoms. The van der Waals surface area contributed by atoms with Crippen molar-refractivity contribution in [2.75, 3.05) is 47.6 Å². The van der Waals surface area contributed by atoms with E-state index in [1.807, 2.05) is 19.0 Å². The fourth-order valence-corrected chi connectivity index (χ4v) is 4.40. The minimum Gasteiger partial charge on any atom is -0.465 e. The van der Waals surface area contributed by atoms with Gasteiger partial charge in [-0.2, -0.15) is 0 Å². The number of likely N-dealkylation sites (N-methyl/N-ethyl adjacent to an activating group) is 1. The van der Waals surface area contributed by atoms with Gasteiger partial charge >= 0.3 is 17.9 Å². The third kappa shape index (κ3) is 23.9. The summed E-state index contributed by atoms with van der Waals surface area (Å²) < 4.78 is 21.5. The number of hydrogen-bond acceptors (Lipinski definition) is 8. The van der Waals surface area contributed by atoms with Crippen molar-refractivity contribution in [2.24, 2.45) is 5.92 Å². The highest BCUT2D eigenvalue weighted by Gasteiger charge is 2.20. The van der Waals surface area contributed by atoms with Crippen LogP contribution >= 0.6 is 0 Å². The molecule has 0 aromatic carbocycles. The number of esters is 3. The second-order valence-corrected chi connectivity index (χ2v) is 10.9. The minimum atomic E-state index is -0.484. The Morgan fingerprint density at radius 3 is 1.85 bits per heavy atom. The van der Waals surface area contributed by atoms with Crippen LogP contribution in [0.25, 0.3) is 0 Å². The fraction of sp³-hybridized carbons (Fsp3) is 0.903. The third-order valence-electron chi connectivity index (χ3n) is 6.69. The molecule has 0 amide bonds. The standard InChI is InChI=1S/C31H59NO7/c1-6-8-10-14-20-27(19-13-9-7-2)31(35)37-24-18-12-15-21-29(33)38-26-28(25-32(3)4)39-30(34)22-16-11-17-23-36-5/h27-28H,6-26H2,1-5H3. The molecule has 39 heavy (non-hydrogen) atoms. The van der Waals surface area contributed by atoms with E-state index in [1.165, 1.54) is 19.3 Å². The highest BCUT2D eigenvalue weighted by atomic mass is 16.6. The maximum atomic E-state index is 12.6. The Bertz CT molecular complexity index is 612. The topological polar surface area (TPSA) is 91.4 Å². The van der Waals surface area contributed by atoms with E-state index in [1.54, 1.807) is 7.11 Å². The van der Waals surface area contributed by atoms with Gasteiger partial charge in [-0.3, -0.25) is 14.4 Å². The molecule has 0 saturated heterocycles. The van der Waals surface area contributed by atoms with Gasteiger partial charge in [0.2, 0.25) is 0 Å². The summed E-state index contributed by atoms with van der Waals surface area (Å²) in [5, 5.41) is 0. The second kappa shape index (κ2) is 26.5. The zero-order chi connectivity index (χ0) is 29.1. The van der Waals surface area contributed by atoms with E-state index in [2.05, 4.69) is 13.8 Å². The van der Waals surface area contributed by atoms with Crippen molar-refractivity contribution in [2.45, 2.75) is 129 Å². The van der Waals surface area contributed by atoms with Crippen LogP contribution in [0.15, 0.2) is 0 Å². The Kier molecular flexibility index (Phi) is 25.4. The first kappa shape index (κ1) is 37.3. The molecule has 0 spiro atoms.